The number of carbonyl (C=O) groups excluding carboxylic acids is 2. The van der Waals surface area contributed by atoms with Gasteiger partial charge in [0, 0.05) is 25.7 Å². The van der Waals surface area contributed by atoms with E-state index in [1.807, 2.05) is 0 Å². The molecule has 5 heteroatoms. The van der Waals surface area contributed by atoms with E-state index in [1.54, 1.807) is 29.4 Å². The van der Waals surface area contributed by atoms with Crippen molar-refractivity contribution in [2.75, 3.05) is 18.4 Å². The van der Waals surface area contributed by atoms with Gasteiger partial charge in [-0.25, -0.2) is 0 Å². The molecule has 1 aliphatic rings. The van der Waals surface area contributed by atoms with Gasteiger partial charge in [-0.3, -0.25) is 14.6 Å². The van der Waals surface area contributed by atoms with E-state index in [2.05, 4.69) is 24.1 Å². The van der Waals surface area contributed by atoms with Crippen molar-refractivity contribution in [2.45, 2.75) is 26.7 Å². The average molecular weight is 275 g/mol. The second-order valence-corrected chi connectivity index (χ2v) is 5.65. The number of hydrogen-bond donors (Lipinski definition) is 1. The summed E-state index contributed by atoms with van der Waals surface area (Å²) in [6.45, 7) is 5.53. The molecule has 0 saturated carbocycles. The maximum absolute atomic E-state index is 12.1. The fourth-order valence-corrected chi connectivity index (χ4v) is 2.26. The molecular formula is C15H21N3O2. The van der Waals surface area contributed by atoms with E-state index in [9.17, 15) is 9.59 Å². The molecule has 108 valence electrons. The molecule has 0 bridgehead atoms. The lowest BCUT2D eigenvalue weighted by Crippen LogP contribution is -2.29. The highest BCUT2D eigenvalue weighted by molar-refractivity contribution is 5.97. The zero-order valence-electron chi connectivity index (χ0n) is 12.0. The lowest BCUT2D eigenvalue weighted by molar-refractivity contribution is -0.128. The van der Waals surface area contributed by atoms with Crippen molar-refractivity contribution in [3.8, 4) is 0 Å². The zero-order chi connectivity index (χ0) is 14.5. The number of aromatic nitrogens is 1. The Bertz CT molecular complexity index is 473. The molecule has 0 aromatic carbocycles. The smallest absolute Gasteiger partial charge is 0.229 e. The first-order chi connectivity index (χ1) is 9.56. The van der Waals surface area contributed by atoms with Crippen molar-refractivity contribution in [1.29, 1.82) is 0 Å². The molecule has 1 aromatic rings. The van der Waals surface area contributed by atoms with Gasteiger partial charge >= 0.3 is 0 Å². The average Bonchev–Trinajstić information content (AvgIpc) is 2.79. The summed E-state index contributed by atoms with van der Waals surface area (Å²) in [5.41, 5.74) is 0.672. The molecule has 1 N–H and O–H groups in total. The fraction of sp³-hybridized carbons (Fsp3) is 0.533. The number of pyridine rings is 1. The lowest BCUT2D eigenvalue weighted by Gasteiger charge is -2.17. The van der Waals surface area contributed by atoms with Gasteiger partial charge in [-0.15, -0.1) is 0 Å². The minimum absolute atomic E-state index is 0.0805. The van der Waals surface area contributed by atoms with Gasteiger partial charge in [0.25, 0.3) is 0 Å². The fourth-order valence-electron chi connectivity index (χ4n) is 2.26. The van der Waals surface area contributed by atoms with Crippen molar-refractivity contribution < 1.29 is 9.59 Å². The van der Waals surface area contributed by atoms with Gasteiger partial charge in [-0.1, -0.05) is 13.8 Å². The van der Waals surface area contributed by atoms with Crippen LogP contribution >= 0.6 is 0 Å². The Morgan fingerprint density at radius 1 is 1.55 bits per heavy atom. The molecular weight excluding hydrogens is 254 g/mol. The number of amides is 2. The molecule has 5 nitrogen and oxygen atoms in total. The van der Waals surface area contributed by atoms with Crippen molar-refractivity contribution in [1.82, 2.24) is 9.88 Å². The first kappa shape index (κ1) is 14.5. The third-order valence-corrected chi connectivity index (χ3v) is 3.49. The van der Waals surface area contributed by atoms with E-state index in [-0.39, 0.29) is 17.7 Å². The minimum Gasteiger partial charge on any atom is -0.342 e. The van der Waals surface area contributed by atoms with Gasteiger partial charge in [0.2, 0.25) is 11.8 Å². The van der Waals surface area contributed by atoms with Crippen LogP contribution in [0.15, 0.2) is 24.5 Å². The number of likely N-dealkylation sites (tertiary alicyclic amines) is 1. The van der Waals surface area contributed by atoms with E-state index >= 15 is 0 Å². The number of nitrogens with one attached hydrogen (secondary N) is 1. The van der Waals surface area contributed by atoms with Crippen LogP contribution in [0, 0.1) is 11.8 Å². The number of rotatable bonds is 5. The third kappa shape index (κ3) is 3.79. The Balaban J connectivity index is 1.88. The summed E-state index contributed by atoms with van der Waals surface area (Å²) in [7, 11) is 0. The van der Waals surface area contributed by atoms with Gasteiger partial charge < -0.3 is 10.2 Å². The Labute approximate surface area is 119 Å². The summed E-state index contributed by atoms with van der Waals surface area (Å²) in [6.07, 6.45) is 4.54. The van der Waals surface area contributed by atoms with E-state index in [4.69, 9.17) is 0 Å². The number of nitrogens with zero attached hydrogens (tertiary/aromatic N) is 2. The highest BCUT2D eigenvalue weighted by Gasteiger charge is 2.33. The molecule has 2 rings (SSSR count). The molecule has 0 spiro atoms. The molecule has 2 heterocycles. The van der Waals surface area contributed by atoms with E-state index in [0.717, 1.165) is 13.0 Å². The van der Waals surface area contributed by atoms with Gasteiger partial charge in [0.05, 0.1) is 17.8 Å². The van der Waals surface area contributed by atoms with Crippen LogP contribution in [0.3, 0.4) is 0 Å². The van der Waals surface area contributed by atoms with Crippen LogP contribution in [0.5, 0.6) is 0 Å². The van der Waals surface area contributed by atoms with Crippen LogP contribution in [-0.2, 0) is 9.59 Å². The second kappa shape index (κ2) is 6.50. The highest BCUT2D eigenvalue weighted by Crippen LogP contribution is 2.20. The molecule has 2 amide bonds. The van der Waals surface area contributed by atoms with Crippen LogP contribution < -0.4 is 5.32 Å². The Morgan fingerprint density at radius 2 is 2.35 bits per heavy atom. The van der Waals surface area contributed by atoms with Crippen molar-refractivity contribution in [3.05, 3.63) is 24.5 Å². The van der Waals surface area contributed by atoms with Crippen molar-refractivity contribution >= 4 is 17.5 Å². The van der Waals surface area contributed by atoms with Gasteiger partial charge in [0.15, 0.2) is 0 Å². The summed E-state index contributed by atoms with van der Waals surface area (Å²) >= 11 is 0. The number of anilines is 1. The molecule has 1 aliphatic heterocycles. The SMILES string of the molecule is CC(C)CCN1C[C@@H](C(=O)Nc2cccnc2)CC1=O. The van der Waals surface area contributed by atoms with E-state index in [1.165, 1.54) is 0 Å². The molecule has 0 aliphatic carbocycles. The number of hydrogen-bond acceptors (Lipinski definition) is 3. The summed E-state index contributed by atoms with van der Waals surface area (Å²) in [4.78, 5) is 29.8. The highest BCUT2D eigenvalue weighted by atomic mass is 16.2. The minimum atomic E-state index is -0.255. The standard InChI is InChI=1S/C15H21N3O2/c1-11(2)5-7-18-10-12(8-14(18)19)15(20)17-13-4-3-6-16-9-13/h3-4,6,9,11-12H,5,7-8,10H2,1-2H3,(H,17,20)/t12-/m0/s1. The largest absolute Gasteiger partial charge is 0.342 e. The van der Waals surface area contributed by atoms with Crippen LogP contribution in [0.25, 0.3) is 0 Å². The Morgan fingerprint density at radius 3 is 3.00 bits per heavy atom. The van der Waals surface area contributed by atoms with Crippen molar-refractivity contribution in [2.24, 2.45) is 11.8 Å². The predicted molar refractivity (Wildman–Crippen MR) is 77.0 cm³/mol. The summed E-state index contributed by atoms with van der Waals surface area (Å²) in [6, 6.07) is 3.56. The predicted octanol–water partition coefficient (Wildman–Crippen LogP) is 1.91. The lowest BCUT2D eigenvalue weighted by atomic mass is 10.1. The molecule has 0 radical (unpaired) electrons. The van der Waals surface area contributed by atoms with Crippen LogP contribution in [0.2, 0.25) is 0 Å². The first-order valence-electron chi connectivity index (χ1n) is 7.05. The van der Waals surface area contributed by atoms with Gasteiger partial charge in [-0.2, -0.15) is 0 Å². The topological polar surface area (TPSA) is 62.3 Å². The molecule has 1 fully saturated rings. The first-order valence-corrected chi connectivity index (χ1v) is 7.05. The van der Waals surface area contributed by atoms with Crippen LogP contribution in [0.1, 0.15) is 26.7 Å². The molecule has 1 atom stereocenters. The summed E-state index contributed by atoms with van der Waals surface area (Å²) < 4.78 is 0. The van der Waals surface area contributed by atoms with Crippen LogP contribution in [-0.4, -0.2) is 34.8 Å². The zero-order valence-corrected chi connectivity index (χ0v) is 12.0. The van der Waals surface area contributed by atoms with Crippen LogP contribution in [0.4, 0.5) is 5.69 Å². The summed E-state index contributed by atoms with van der Waals surface area (Å²) in [5.74, 6) is 0.288. The quantitative estimate of drug-likeness (QED) is 0.893. The van der Waals surface area contributed by atoms with Crippen molar-refractivity contribution in [3.63, 3.8) is 0 Å². The summed E-state index contributed by atoms with van der Waals surface area (Å²) in [5, 5.41) is 2.81. The van der Waals surface area contributed by atoms with Gasteiger partial charge in [-0.05, 0) is 24.5 Å². The molecule has 1 saturated heterocycles. The second-order valence-electron chi connectivity index (χ2n) is 5.65. The molecule has 0 unspecified atom stereocenters. The maximum atomic E-state index is 12.1. The molecule has 1 aromatic heterocycles. The molecule has 20 heavy (non-hydrogen) atoms. The maximum Gasteiger partial charge on any atom is 0.229 e. The normalized spacial score (nSPS) is 18.6. The third-order valence-electron chi connectivity index (χ3n) is 3.49. The van der Waals surface area contributed by atoms with E-state index < -0.39 is 0 Å². The van der Waals surface area contributed by atoms with E-state index in [0.29, 0.717) is 24.6 Å². The number of carbonyl (C=O) groups is 2. The Hall–Kier alpha value is -1.91. The van der Waals surface area contributed by atoms with Gasteiger partial charge in [0.1, 0.15) is 0 Å². The monoisotopic (exact) mass is 275 g/mol. The Kier molecular flexibility index (Phi) is 4.71.